The Kier molecular flexibility index (Phi) is 26.9. The highest BCUT2D eigenvalue weighted by Gasteiger charge is 2.32. The maximum absolute atomic E-state index is 11.1. The van der Waals surface area contributed by atoms with E-state index >= 15 is 0 Å². The molecule has 0 saturated heterocycles. The van der Waals surface area contributed by atoms with E-state index in [-0.39, 0.29) is 0 Å². The average molecular weight is 1710 g/mol. The van der Waals surface area contributed by atoms with Gasteiger partial charge in [-0.05, 0) is 295 Å². The smallest absolute Gasteiger partial charge is 0.140 e. The fourth-order valence-corrected chi connectivity index (χ4v) is 19.8. The zero-order valence-corrected chi connectivity index (χ0v) is 74.1. The van der Waals surface area contributed by atoms with Crippen molar-refractivity contribution in [3.05, 3.63) is 318 Å². The van der Waals surface area contributed by atoms with Crippen LogP contribution < -0.4 is 0 Å². The van der Waals surface area contributed by atoms with Crippen LogP contribution in [0.4, 0.5) is 0 Å². The Morgan fingerprint density at radius 2 is 0.772 bits per heavy atom. The van der Waals surface area contributed by atoms with Gasteiger partial charge in [0.15, 0.2) is 0 Å². The van der Waals surface area contributed by atoms with Crippen molar-refractivity contribution in [3.8, 4) is 0 Å². The summed E-state index contributed by atoms with van der Waals surface area (Å²) in [5, 5.41) is 62.4. The summed E-state index contributed by atoms with van der Waals surface area (Å²) in [5.74, 6) is 0. The highest BCUT2D eigenvalue weighted by molar-refractivity contribution is 6.32. The van der Waals surface area contributed by atoms with Crippen LogP contribution in [0.3, 0.4) is 0 Å². The number of likely N-dealkylation sites (N-methyl/N-ethyl adjacent to an activating group) is 1. The molecule has 5 N–H and O–H groups in total. The molecule has 18 nitrogen and oxygen atoms in total. The minimum absolute atomic E-state index is 0.340. The predicted molar refractivity (Wildman–Crippen MR) is 496 cm³/mol. The van der Waals surface area contributed by atoms with Gasteiger partial charge in [0, 0.05) is 200 Å². The molecule has 5 unspecified atom stereocenters. The Balaban J connectivity index is 0.000000114. The first kappa shape index (κ1) is 86.6. The number of nitrogens with zero attached hydrogens (tertiary/aromatic N) is 13. The van der Waals surface area contributed by atoms with Gasteiger partial charge in [0.05, 0.1) is 62.2 Å². The topological polar surface area (TPSA) is 210 Å². The van der Waals surface area contributed by atoms with Crippen molar-refractivity contribution in [3.63, 3.8) is 0 Å². The molecule has 0 spiro atoms. The molecule has 20 rings (SSSR count). The van der Waals surface area contributed by atoms with Crippen molar-refractivity contribution >= 4 is 89.4 Å². The molecule has 123 heavy (non-hydrogen) atoms. The normalized spacial score (nSPS) is 16.1. The van der Waals surface area contributed by atoms with Crippen LogP contribution in [0.1, 0.15) is 192 Å². The average Bonchev–Trinajstić information content (AvgIpc) is 1.63. The van der Waals surface area contributed by atoms with E-state index < -0.39 is 30.0 Å². The molecule has 15 aromatic rings. The van der Waals surface area contributed by atoms with Crippen LogP contribution >= 0.6 is 34.8 Å². The Bertz CT molecular complexity index is 6020. The first-order valence-corrected chi connectivity index (χ1v) is 44.9. The highest BCUT2D eigenvalue weighted by Crippen LogP contribution is 2.42. The van der Waals surface area contributed by atoms with Crippen molar-refractivity contribution < 1.29 is 25.5 Å². The third-order valence-electron chi connectivity index (χ3n) is 25.7. The van der Waals surface area contributed by atoms with Gasteiger partial charge in [0.25, 0.3) is 0 Å². The minimum atomic E-state index is -0.985. The van der Waals surface area contributed by atoms with E-state index in [2.05, 4.69) is 165 Å². The number of pyridine rings is 6. The lowest BCUT2D eigenvalue weighted by Crippen LogP contribution is -2.33. The Labute approximate surface area is 736 Å². The van der Waals surface area contributed by atoms with Crippen molar-refractivity contribution in [2.24, 2.45) is 5.41 Å². The number of aromatic nitrogens is 11. The molecule has 11 aromatic heterocycles. The van der Waals surface area contributed by atoms with Crippen molar-refractivity contribution in [2.45, 2.75) is 214 Å². The standard InChI is InChI=1S/C24H30ClN3O.C20H23N3O.C20H22N2O.C19H20ClN3O.C19H19ClN2O/c1-24(2,3)9-13-27-12-8-22-20(15-27)19-14-18(25)4-5-21(19)28(22)16-23(29)17-6-10-26-11-7-17;1-14-3-4-18-16(11-14)17-12-22(2)10-7-19(17)23(18)13-20(24)15-5-8-21-9-6-15;1-14-8-9-19-17(11-14)16-6-2-3-7-18(16)22(19)13-20(23)15-5-4-10-21-12-15;1-19(24,13-6-8-21-9-7-13)12-23-17-5-3-2-4-15(17)16-10-14(20)11-22-18(16)23;20-14-5-6-18-16(11-14)15-3-1-2-4-17(15)22(18)12-19(23)13-7-9-21-10-8-13/h4-7,10-11,14,23,29H,8-9,12-13,15-16H2,1-3H3;3-6,8-9,11,20,24H,7,10,12-13H2,1-2H3;4-5,8-12,20,23H,2-3,6-7,13H2,1H3;6-11,24H,2-5,12H2,1H3;5-11,19,23H,1-4,12H2. The second-order valence-corrected chi connectivity index (χ2v) is 37.0. The van der Waals surface area contributed by atoms with Gasteiger partial charge < -0.3 is 53.3 Å². The fraction of sp³-hybridized carbons (Fsp3) is 0.373. The lowest BCUT2D eigenvalue weighted by atomic mass is 9.91. The molecule has 21 heteroatoms. The van der Waals surface area contributed by atoms with Crippen molar-refractivity contribution in [1.29, 1.82) is 0 Å². The summed E-state index contributed by atoms with van der Waals surface area (Å²) >= 11 is 18.7. The molecule has 5 atom stereocenters. The van der Waals surface area contributed by atoms with E-state index in [4.69, 9.17) is 34.8 Å². The summed E-state index contributed by atoms with van der Waals surface area (Å²) < 4.78 is 11.4. The van der Waals surface area contributed by atoms with Gasteiger partial charge in [0.2, 0.25) is 0 Å². The quantitative estimate of drug-likeness (QED) is 0.0575. The van der Waals surface area contributed by atoms with Gasteiger partial charge >= 0.3 is 0 Å². The summed E-state index contributed by atoms with van der Waals surface area (Å²) in [6, 6.07) is 46.4. The second kappa shape index (κ2) is 38.3. The largest absolute Gasteiger partial charge is 0.387 e. The number of hydrogen-bond donors (Lipinski definition) is 5. The molecule has 0 radical (unpaired) electrons. The van der Waals surface area contributed by atoms with Gasteiger partial charge in [-0.15, -0.1) is 0 Å². The van der Waals surface area contributed by atoms with Crippen LogP contribution in [-0.2, 0) is 103 Å². The van der Waals surface area contributed by atoms with Crippen LogP contribution in [0.5, 0.6) is 0 Å². The minimum Gasteiger partial charge on any atom is -0.387 e. The molecule has 0 fully saturated rings. The zero-order chi connectivity index (χ0) is 85.6. The predicted octanol–water partition coefficient (Wildman–Crippen LogP) is 20.4. The van der Waals surface area contributed by atoms with E-state index in [9.17, 15) is 25.5 Å². The van der Waals surface area contributed by atoms with Crippen LogP contribution in [0, 0.1) is 19.3 Å². The molecule has 638 valence electrons. The number of fused-ring (bicyclic) bond motifs is 15. The number of aliphatic hydroxyl groups excluding tert-OH is 4. The summed E-state index contributed by atoms with van der Waals surface area (Å²) in [6.45, 7) is 20.9. The number of hydrogen-bond acceptors (Lipinski definition) is 13. The van der Waals surface area contributed by atoms with E-state index in [1.807, 2.05) is 85.8 Å². The van der Waals surface area contributed by atoms with Crippen LogP contribution in [0.2, 0.25) is 15.1 Å². The van der Waals surface area contributed by atoms with Gasteiger partial charge in [0.1, 0.15) is 11.2 Å². The molecule has 3 aliphatic carbocycles. The van der Waals surface area contributed by atoms with Gasteiger partial charge in [-0.25, -0.2) is 4.98 Å². The highest BCUT2D eigenvalue weighted by atomic mass is 35.5. The fourth-order valence-electron chi connectivity index (χ4n) is 19.3. The number of aryl methyl sites for hydroxylation is 5. The molecule has 0 amide bonds. The monoisotopic (exact) mass is 1710 g/mol. The first-order valence-electron chi connectivity index (χ1n) is 43.8. The zero-order valence-electron chi connectivity index (χ0n) is 71.8. The lowest BCUT2D eigenvalue weighted by Gasteiger charge is -2.31. The van der Waals surface area contributed by atoms with E-state index in [0.717, 1.165) is 139 Å². The molecule has 5 aliphatic rings. The number of rotatable bonds is 17. The molecular weight excluding hydrogens is 1590 g/mol. The summed E-state index contributed by atoms with van der Waals surface area (Å²) in [7, 11) is 2.17. The van der Waals surface area contributed by atoms with Gasteiger partial charge in [-0.3, -0.25) is 29.8 Å². The molecule has 4 aromatic carbocycles. The Hall–Kier alpha value is -9.93. The van der Waals surface area contributed by atoms with Crippen LogP contribution in [-0.4, -0.2) is 115 Å². The SMILES string of the molecule is CC(C)(C)CCN1CCc2c(c3cc(Cl)ccc3n2CC(O)c2ccncc2)C1.CC(O)(Cn1c2c(c3cc(Cl)cnc31)CCCC2)c1ccncc1.Cc1ccc2c(c1)c1c(n2CC(O)c2cccnc2)CCCC1.Cc1ccc2c(c1)c1c(n2CC(O)c2ccncc2)CCN(C)C1.OC(Cn1c2c(c3cc(Cl)ccc31)CCCC2)c1ccncc1. The van der Waals surface area contributed by atoms with E-state index in [0.29, 0.717) is 43.2 Å². The maximum atomic E-state index is 11.1. The number of aliphatic hydroxyl groups is 5. The van der Waals surface area contributed by atoms with E-state index in [1.165, 1.54) is 150 Å². The molecule has 2 aliphatic heterocycles. The second-order valence-electron chi connectivity index (χ2n) is 35.7. The molecule has 13 heterocycles. The van der Waals surface area contributed by atoms with E-state index in [1.54, 1.807) is 68.2 Å². The molecule has 0 bridgehead atoms. The number of benzene rings is 4. The van der Waals surface area contributed by atoms with Gasteiger partial charge in [-0.1, -0.05) is 84.9 Å². The van der Waals surface area contributed by atoms with Crippen LogP contribution in [0.15, 0.2) is 208 Å². The molecular formula is C102H114Cl3N13O5. The van der Waals surface area contributed by atoms with Crippen molar-refractivity contribution in [2.75, 3.05) is 26.7 Å². The summed E-state index contributed by atoms with van der Waals surface area (Å²) in [4.78, 5) is 29.8. The number of halogens is 3. The first-order chi connectivity index (χ1) is 59.5. The lowest BCUT2D eigenvalue weighted by molar-refractivity contribution is 0.0384. The van der Waals surface area contributed by atoms with Crippen LogP contribution in [0.25, 0.3) is 54.6 Å². The maximum Gasteiger partial charge on any atom is 0.140 e. The summed E-state index contributed by atoms with van der Waals surface area (Å²) in [5.41, 5.74) is 26.0. The van der Waals surface area contributed by atoms with Gasteiger partial charge in [-0.2, -0.15) is 0 Å². The third-order valence-corrected chi connectivity index (χ3v) is 26.3. The Morgan fingerprint density at radius 1 is 0.382 bits per heavy atom. The molecule has 0 saturated carbocycles. The van der Waals surface area contributed by atoms with Crippen molar-refractivity contribution in [1.82, 2.24) is 62.5 Å². The summed E-state index contributed by atoms with van der Waals surface area (Å²) in [6.07, 6.45) is 33.9. The third kappa shape index (κ3) is 19.6. The Morgan fingerprint density at radius 3 is 1.24 bits per heavy atom.